The highest BCUT2D eigenvalue weighted by Gasteiger charge is 2.35. The molecule has 0 bridgehead atoms. The van der Waals surface area contributed by atoms with Crippen molar-refractivity contribution in [2.45, 2.75) is 103 Å². The van der Waals surface area contributed by atoms with Gasteiger partial charge in [0.05, 0.1) is 0 Å². The summed E-state index contributed by atoms with van der Waals surface area (Å²) in [6.07, 6.45) is 2.32. The number of nitrogens with zero attached hydrogens (tertiary/aromatic N) is 1. The van der Waals surface area contributed by atoms with Crippen molar-refractivity contribution in [1.82, 2.24) is 5.06 Å². The van der Waals surface area contributed by atoms with Gasteiger partial charge in [0.25, 0.3) is 11.8 Å². The number of carbonyl (C=O) groups excluding carboxylic acids is 4. The molecule has 1 heterocycles. The number of carbonyl (C=O) groups is 4. The Morgan fingerprint density at radius 3 is 1.54 bits per heavy atom. The van der Waals surface area contributed by atoms with E-state index in [1.807, 2.05) is 50.2 Å². The molecule has 0 aromatic heterocycles. The van der Waals surface area contributed by atoms with Gasteiger partial charge in [-0.25, -0.2) is 4.79 Å². The molecular formula is C44H49NO7. The van der Waals surface area contributed by atoms with Gasteiger partial charge in [-0.05, 0) is 116 Å². The molecule has 4 aromatic carbocycles. The van der Waals surface area contributed by atoms with Gasteiger partial charge in [-0.1, -0.05) is 71.0 Å². The van der Waals surface area contributed by atoms with Crippen molar-refractivity contribution >= 4 is 23.6 Å². The Kier molecular flexibility index (Phi) is 11.4. The minimum absolute atomic E-state index is 0.00591. The van der Waals surface area contributed by atoms with Crippen molar-refractivity contribution in [3.8, 4) is 17.2 Å². The second-order valence-corrected chi connectivity index (χ2v) is 14.9. The molecule has 4 aromatic rings. The zero-order valence-corrected chi connectivity index (χ0v) is 31.3. The number of benzene rings is 4. The first-order chi connectivity index (χ1) is 24.6. The van der Waals surface area contributed by atoms with Crippen LogP contribution in [0.4, 0.5) is 0 Å². The summed E-state index contributed by atoms with van der Waals surface area (Å²) in [5.74, 6) is 0.191. The van der Waals surface area contributed by atoms with Crippen LogP contribution < -0.4 is 9.47 Å². The number of hydrogen-bond acceptors (Lipinski definition) is 7. The lowest BCUT2D eigenvalue weighted by Crippen LogP contribution is -2.33. The fourth-order valence-corrected chi connectivity index (χ4v) is 6.04. The maximum absolute atomic E-state index is 13.2. The van der Waals surface area contributed by atoms with Gasteiger partial charge < -0.3 is 14.3 Å². The smallest absolute Gasteiger partial charge is 0.333 e. The summed E-state index contributed by atoms with van der Waals surface area (Å²) in [6.45, 7) is 14.8. The third-order valence-electron chi connectivity index (χ3n) is 10.4. The minimum Gasteiger partial charge on any atom is -0.488 e. The van der Waals surface area contributed by atoms with Crippen molar-refractivity contribution in [1.29, 1.82) is 0 Å². The number of hydrogen-bond donors (Lipinski definition) is 0. The predicted molar refractivity (Wildman–Crippen MR) is 200 cm³/mol. The van der Waals surface area contributed by atoms with E-state index in [0.29, 0.717) is 34.1 Å². The predicted octanol–water partition coefficient (Wildman–Crippen LogP) is 9.66. The fourth-order valence-electron chi connectivity index (χ4n) is 6.04. The molecule has 0 radical (unpaired) electrons. The van der Waals surface area contributed by atoms with Gasteiger partial charge in [0.1, 0.15) is 22.8 Å². The lowest BCUT2D eigenvalue weighted by atomic mass is 9.72. The van der Waals surface area contributed by atoms with E-state index >= 15 is 0 Å². The lowest BCUT2D eigenvalue weighted by Gasteiger charge is -2.32. The Morgan fingerprint density at radius 2 is 1.06 bits per heavy atom. The highest BCUT2D eigenvalue weighted by Crippen LogP contribution is 2.39. The van der Waals surface area contributed by atoms with E-state index in [9.17, 15) is 19.2 Å². The molecule has 1 fully saturated rings. The Bertz CT molecular complexity index is 1880. The molecule has 8 heteroatoms. The molecular weight excluding hydrogens is 654 g/mol. The molecule has 1 aliphatic rings. The Hall–Kier alpha value is -5.24. The van der Waals surface area contributed by atoms with Gasteiger partial charge in [-0.3, -0.25) is 14.4 Å². The molecule has 1 atom stereocenters. The monoisotopic (exact) mass is 703 g/mol. The van der Waals surface area contributed by atoms with Crippen molar-refractivity contribution in [3.63, 3.8) is 0 Å². The van der Waals surface area contributed by atoms with Crippen LogP contribution in [-0.4, -0.2) is 34.2 Å². The zero-order valence-electron chi connectivity index (χ0n) is 31.3. The third kappa shape index (κ3) is 8.79. The van der Waals surface area contributed by atoms with Crippen LogP contribution in [0.3, 0.4) is 0 Å². The molecule has 1 saturated heterocycles. The SMILES string of the molecule is CCC(C)(C)Oc1ccc(C(=O)c2ccc(Oc3ccc(C(C)(CCC(=O)ON4C(=O)CCC4=O)c4ccc(C(C)(C)CC)cc4)cc3)cc2)cc1. The molecule has 5 rings (SSSR count). The van der Waals surface area contributed by atoms with Crippen molar-refractivity contribution in [3.05, 3.63) is 125 Å². The van der Waals surface area contributed by atoms with Gasteiger partial charge in [0.15, 0.2) is 5.78 Å². The van der Waals surface area contributed by atoms with Crippen molar-refractivity contribution in [2.24, 2.45) is 0 Å². The van der Waals surface area contributed by atoms with Crippen LogP contribution in [0.2, 0.25) is 0 Å². The molecule has 2 amide bonds. The van der Waals surface area contributed by atoms with Gasteiger partial charge >= 0.3 is 5.97 Å². The van der Waals surface area contributed by atoms with Crippen LogP contribution in [0, 0.1) is 0 Å². The topological polar surface area (TPSA) is 99.2 Å². The molecule has 0 saturated carbocycles. The molecule has 272 valence electrons. The van der Waals surface area contributed by atoms with Gasteiger partial charge in [-0.2, -0.15) is 0 Å². The first kappa shape index (κ1) is 38.0. The fraction of sp³-hybridized carbons (Fsp3) is 0.364. The summed E-state index contributed by atoms with van der Waals surface area (Å²) in [5.41, 5.74) is 3.45. The van der Waals surface area contributed by atoms with Gasteiger partial charge in [-0.15, -0.1) is 5.06 Å². The maximum atomic E-state index is 13.2. The van der Waals surface area contributed by atoms with E-state index in [2.05, 4.69) is 58.9 Å². The number of ether oxygens (including phenoxy) is 2. The molecule has 0 N–H and O–H groups in total. The Balaban J connectivity index is 1.30. The molecule has 0 aliphatic carbocycles. The van der Waals surface area contributed by atoms with E-state index in [1.165, 1.54) is 5.56 Å². The van der Waals surface area contributed by atoms with Crippen LogP contribution in [0.5, 0.6) is 17.2 Å². The first-order valence-corrected chi connectivity index (χ1v) is 18.0. The van der Waals surface area contributed by atoms with E-state index < -0.39 is 23.2 Å². The van der Waals surface area contributed by atoms with Crippen LogP contribution in [0.25, 0.3) is 0 Å². The number of imide groups is 1. The van der Waals surface area contributed by atoms with Crippen LogP contribution >= 0.6 is 0 Å². The second kappa shape index (κ2) is 15.6. The number of rotatable bonds is 15. The van der Waals surface area contributed by atoms with Crippen LogP contribution in [0.1, 0.15) is 120 Å². The van der Waals surface area contributed by atoms with Crippen LogP contribution in [0.15, 0.2) is 97.1 Å². The standard InChI is InChI=1S/C44H49NO7/c1-8-42(3,4)32-14-16-33(17-15-32)44(7,29-28-40(48)52-45-38(46)26-27-39(45)47)34-18-24-36(25-19-34)50-35-20-10-30(11-21-35)41(49)31-12-22-37(23-13-31)51-43(5,6)9-2/h10-25H,8-9,26-29H2,1-7H3. The molecule has 1 aliphatic heterocycles. The normalized spacial score (nSPS) is 14.6. The molecule has 0 spiro atoms. The van der Waals surface area contributed by atoms with Crippen molar-refractivity contribution in [2.75, 3.05) is 0 Å². The average Bonchev–Trinajstić information content (AvgIpc) is 3.46. The lowest BCUT2D eigenvalue weighted by molar-refractivity contribution is -0.197. The number of ketones is 1. The van der Waals surface area contributed by atoms with Crippen LogP contribution in [-0.2, 0) is 30.1 Å². The van der Waals surface area contributed by atoms with E-state index in [1.54, 1.807) is 36.4 Å². The second-order valence-electron chi connectivity index (χ2n) is 14.9. The van der Waals surface area contributed by atoms with E-state index in [-0.39, 0.29) is 36.1 Å². The summed E-state index contributed by atoms with van der Waals surface area (Å²) in [6, 6.07) is 30.4. The molecule has 8 nitrogen and oxygen atoms in total. The molecule has 52 heavy (non-hydrogen) atoms. The van der Waals surface area contributed by atoms with Gasteiger partial charge in [0.2, 0.25) is 0 Å². The number of amides is 2. The summed E-state index contributed by atoms with van der Waals surface area (Å²) in [5, 5.41) is 0.595. The highest BCUT2D eigenvalue weighted by molar-refractivity contribution is 6.09. The summed E-state index contributed by atoms with van der Waals surface area (Å²) < 4.78 is 12.2. The quantitative estimate of drug-likeness (QED) is 0.0898. The average molecular weight is 704 g/mol. The summed E-state index contributed by atoms with van der Waals surface area (Å²) in [4.78, 5) is 55.3. The minimum atomic E-state index is -0.637. The van der Waals surface area contributed by atoms with Gasteiger partial charge in [0, 0.05) is 35.8 Å². The van der Waals surface area contributed by atoms with E-state index in [4.69, 9.17) is 14.3 Å². The highest BCUT2D eigenvalue weighted by atomic mass is 16.7. The zero-order chi connectivity index (χ0) is 37.7. The summed E-state index contributed by atoms with van der Waals surface area (Å²) in [7, 11) is 0. The van der Waals surface area contributed by atoms with Crippen molar-refractivity contribution < 1.29 is 33.5 Å². The maximum Gasteiger partial charge on any atom is 0.333 e. The Morgan fingerprint density at radius 1 is 0.615 bits per heavy atom. The van der Waals surface area contributed by atoms with E-state index in [0.717, 1.165) is 29.7 Å². The molecule has 1 unspecified atom stereocenters. The summed E-state index contributed by atoms with van der Waals surface area (Å²) >= 11 is 0. The number of hydroxylamine groups is 2. The first-order valence-electron chi connectivity index (χ1n) is 18.0. The largest absolute Gasteiger partial charge is 0.488 e. The third-order valence-corrected chi connectivity index (χ3v) is 10.4. The Labute approximate surface area is 307 Å².